The number of sulfonamides is 2. The second kappa shape index (κ2) is 6.30. The van der Waals surface area contributed by atoms with Gasteiger partial charge in [0.2, 0.25) is 31.9 Å². The van der Waals surface area contributed by atoms with Crippen molar-refractivity contribution in [1.82, 2.24) is 9.44 Å². The van der Waals surface area contributed by atoms with Crippen LogP contribution in [-0.4, -0.2) is 39.7 Å². The normalized spacial score (nSPS) is 17.3. The van der Waals surface area contributed by atoms with E-state index in [9.17, 15) is 26.4 Å². The van der Waals surface area contributed by atoms with Crippen LogP contribution in [-0.2, 0) is 29.6 Å². The van der Waals surface area contributed by atoms with Gasteiger partial charge >= 0.3 is 0 Å². The summed E-state index contributed by atoms with van der Waals surface area (Å²) in [6.45, 7) is 4.35. The number of hydrogen-bond donors (Lipinski definition) is 2. The zero-order valence-electron chi connectivity index (χ0n) is 12.1. The zero-order chi connectivity index (χ0) is 16.4. The summed E-state index contributed by atoms with van der Waals surface area (Å²) in [7, 11) is -7.69. The molecule has 0 aromatic heterocycles. The molecule has 2 amide bonds. The van der Waals surface area contributed by atoms with Gasteiger partial charge in [-0.05, 0) is 12.8 Å². The van der Waals surface area contributed by atoms with Crippen molar-refractivity contribution in [2.75, 3.05) is 5.75 Å². The van der Waals surface area contributed by atoms with Gasteiger partial charge in [0.05, 0.1) is 16.9 Å². The molecule has 10 heteroatoms. The minimum atomic E-state index is -3.99. The van der Waals surface area contributed by atoms with Gasteiger partial charge in [0.25, 0.3) is 0 Å². The maximum Gasteiger partial charge on any atom is 0.237 e. The smallest absolute Gasteiger partial charge is 0.237 e. The molecule has 1 aliphatic carbocycles. The van der Waals surface area contributed by atoms with Crippen LogP contribution in [0.2, 0.25) is 0 Å². The third-order valence-electron chi connectivity index (χ3n) is 2.90. The molecule has 122 valence electrons. The average molecular weight is 340 g/mol. The molecule has 1 atom stereocenters. The molecule has 1 saturated carbocycles. The summed E-state index contributed by atoms with van der Waals surface area (Å²) >= 11 is 0. The van der Waals surface area contributed by atoms with Crippen LogP contribution in [0, 0.1) is 11.8 Å². The predicted octanol–water partition coefficient (Wildman–Crippen LogP) is -0.667. The molecule has 0 spiro atoms. The van der Waals surface area contributed by atoms with E-state index in [1.807, 2.05) is 9.44 Å². The number of carbonyl (C=O) groups is 2. The van der Waals surface area contributed by atoms with Gasteiger partial charge in [-0.25, -0.2) is 16.8 Å². The maximum absolute atomic E-state index is 11.7. The van der Waals surface area contributed by atoms with E-state index in [0.29, 0.717) is 12.8 Å². The second-order valence-electron chi connectivity index (χ2n) is 5.51. The molecule has 1 rings (SSSR count). The monoisotopic (exact) mass is 340 g/mol. The molecule has 1 aliphatic rings. The van der Waals surface area contributed by atoms with Gasteiger partial charge in [-0.3, -0.25) is 19.0 Å². The molecule has 1 unspecified atom stereocenters. The van der Waals surface area contributed by atoms with Gasteiger partial charge in [0, 0.05) is 5.92 Å². The van der Waals surface area contributed by atoms with Crippen LogP contribution < -0.4 is 9.44 Å². The lowest BCUT2D eigenvalue weighted by Crippen LogP contribution is -2.42. The predicted molar refractivity (Wildman–Crippen MR) is 76.0 cm³/mol. The molecule has 0 aliphatic heterocycles. The van der Waals surface area contributed by atoms with E-state index in [2.05, 4.69) is 0 Å². The summed E-state index contributed by atoms with van der Waals surface area (Å²) in [6, 6.07) is 0. The molecule has 2 N–H and O–H groups in total. The first-order valence-electron chi connectivity index (χ1n) is 6.54. The molecule has 0 bridgehead atoms. The minimum absolute atomic E-state index is 0.500. The Hall–Kier alpha value is -1.16. The Morgan fingerprint density at radius 1 is 1.00 bits per heavy atom. The summed E-state index contributed by atoms with van der Waals surface area (Å²) in [6.07, 6.45) is 0.999. The lowest BCUT2D eigenvalue weighted by molar-refractivity contribution is -0.123. The first-order valence-corrected chi connectivity index (χ1v) is 9.74. The highest BCUT2D eigenvalue weighted by atomic mass is 32.2. The summed E-state index contributed by atoms with van der Waals surface area (Å²) in [4.78, 5) is 23.1. The molecular weight excluding hydrogens is 320 g/mol. The lowest BCUT2D eigenvalue weighted by atomic mass is 10.2. The largest absolute Gasteiger partial charge is 0.274 e. The van der Waals surface area contributed by atoms with Crippen LogP contribution >= 0.6 is 0 Å². The van der Waals surface area contributed by atoms with E-state index in [1.165, 1.54) is 20.8 Å². The van der Waals surface area contributed by atoms with Crippen molar-refractivity contribution in [2.45, 2.75) is 38.9 Å². The van der Waals surface area contributed by atoms with Crippen molar-refractivity contribution in [1.29, 1.82) is 0 Å². The standard InChI is InChI=1S/C11H20N2O6S2/c1-7(2)10(14)12-20(16,17)6-8(3)11(15)13-21(18,19)9-4-5-9/h7-9H,4-6H2,1-3H3,(H,12,14)(H,13,15). The average Bonchev–Trinajstić information content (AvgIpc) is 3.10. The van der Waals surface area contributed by atoms with Crippen LogP contribution in [0.3, 0.4) is 0 Å². The molecule has 0 radical (unpaired) electrons. The molecule has 0 heterocycles. The molecule has 1 fully saturated rings. The van der Waals surface area contributed by atoms with Crippen molar-refractivity contribution in [2.24, 2.45) is 11.8 Å². The maximum atomic E-state index is 11.7. The van der Waals surface area contributed by atoms with Crippen molar-refractivity contribution < 1.29 is 26.4 Å². The number of hydrogen-bond acceptors (Lipinski definition) is 6. The first kappa shape index (κ1) is 17.9. The number of amides is 2. The van der Waals surface area contributed by atoms with E-state index in [4.69, 9.17) is 0 Å². The van der Waals surface area contributed by atoms with E-state index in [0.717, 1.165) is 0 Å². The van der Waals surface area contributed by atoms with E-state index in [-0.39, 0.29) is 0 Å². The highest BCUT2D eigenvalue weighted by Crippen LogP contribution is 2.27. The van der Waals surface area contributed by atoms with Gasteiger partial charge in [0.15, 0.2) is 0 Å². The van der Waals surface area contributed by atoms with Gasteiger partial charge in [-0.15, -0.1) is 0 Å². The van der Waals surface area contributed by atoms with E-state index < -0.39 is 54.7 Å². The van der Waals surface area contributed by atoms with Gasteiger partial charge in [-0.1, -0.05) is 20.8 Å². The molecule has 0 saturated heterocycles. The van der Waals surface area contributed by atoms with E-state index in [1.54, 1.807) is 0 Å². The highest BCUT2D eigenvalue weighted by Gasteiger charge is 2.38. The fourth-order valence-corrected chi connectivity index (χ4v) is 4.26. The van der Waals surface area contributed by atoms with E-state index >= 15 is 0 Å². The molecule has 0 aromatic rings. The summed E-state index contributed by atoms with van der Waals surface area (Å²) in [5.74, 6) is -3.81. The van der Waals surface area contributed by atoms with Gasteiger partial charge in [0.1, 0.15) is 0 Å². The van der Waals surface area contributed by atoms with Crippen LogP contribution in [0.15, 0.2) is 0 Å². The number of nitrogens with one attached hydrogen (secondary N) is 2. The van der Waals surface area contributed by atoms with Crippen molar-refractivity contribution in [3.63, 3.8) is 0 Å². The summed E-state index contributed by atoms with van der Waals surface area (Å²) in [5, 5.41) is -0.564. The van der Waals surface area contributed by atoms with Gasteiger partial charge in [-0.2, -0.15) is 0 Å². The number of rotatable bonds is 7. The quantitative estimate of drug-likeness (QED) is 0.633. The van der Waals surface area contributed by atoms with Crippen molar-refractivity contribution in [3.05, 3.63) is 0 Å². The van der Waals surface area contributed by atoms with Crippen LogP contribution in [0.4, 0.5) is 0 Å². The molecule has 21 heavy (non-hydrogen) atoms. The van der Waals surface area contributed by atoms with Crippen LogP contribution in [0.1, 0.15) is 33.6 Å². The summed E-state index contributed by atoms with van der Waals surface area (Å²) in [5.41, 5.74) is 0. The van der Waals surface area contributed by atoms with Crippen LogP contribution in [0.25, 0.3) is 0 Å². The Morgan fingerprint density at radius 3 is 1.95 bits per heavy atom. The second-order valence-corrected chi connectivity index (χ2v) is 9.24. The van der Waals surface area contributed by atoms with Gasteiger partial charge < -0.3 is 0 Å². The Morgan fingerprint density at radius 2 is 1.52 bits per heavy atom. The summed E-state index contributed by atoms with van der Waals surface area (Å²) < 4.78 is 50.3. The van der Waals surface area contributed by atoms with Crippen molar-refractivity contribution >= 4 is 31.9 Å². The Balaban J connectivity index is 2.61. The van der Waals surface area contributed by atoms with Crippen molar-refractivity contribution in [3.8, 4) is 0 Å². The SMILES string of the molecule is CC(C)C(=O)NS(=O)(=O)CC(C)C(=O)NS(=O)(=O)C1CC1. The lowest BCUT2D eigenvalue weighted by Gasteiger charge is -2.14. The Bertz CT molecular complexity index is 619. The highest BCUT2D eigenvalue weighted by molar-refractivity contribution is 7.91. The molecular formula is C11H20N2O6S2. The topological polar surface area (TPSA) is 126 Å². The zero-order valence-corrected chi connectivity index (χ0v) is 13.8. The fourth-order valence-electron chi connectivity index (χ4n) is 1.42. The minimum Gasteiger partial charge on any atom is -0.274 e. The number of carbonyl (C=O) groups excluding carboxylic acids is 2. The first-order chi connectivity index (χ1) is 9.44. The molecule has 8 nitrogen and oxygen atoms in total. The Labute approximate surface area is 124 Å². The third-order valence-corrected chi connectivity index (χ3v) is 6.19. The Kier molecular flexibility index (Phi) is 5.37. The van der Waals surface area contributed by atoms with Crippen LogP contribution in [0.5, 0.6) is 0 Å². The fraction of sp³-hybridized carbons (Fsp3) is 0.818. The molecule has 0 aromatic carbocycles. The third kappa shape index (κ3) is 5.62.